The zero-order chi connectivity index (χ0) is 18.8. The largest absolute Gasteiger partial charge is 0.348 e. The van der Waals surface area contributed by atoms with Crippen molar-refractivity contribution in [3.05, 3.63) is 71.9 Å². The molecule has 1 heterocycles. The fraction of sp³-hybridized carbons (Fsp3) is 0.150. The topological polar surface area (TPSA) is 66.9 Å². The summed E-state index contributed by atoms with van der Waals surface area (Å²) < 4.78 is 27.9. The van der Waals surface area contributed by atoms with E-state index in [-0.39, 0.29) is 29.1 Å². The van der Waals surface area contributed by atoms with Crippen molar-refractivity contribution < 1.29 is 13.6 Å². The Morgan fingerprint density at radius 2 is 1.67 bits per heavy atom. The lowest BCUT2D eigenvalue weighted by atomic mass is 10.2. The van der Waals surface area contributed by atoms with E-state index in [1.54, 1.807) is 12.1 Å². The summed E-state index contributed by atoms with van der Waals surface area (Å²) in [5.74, 6) is -1.42. The molecule has 7 heteroatoms. The van der Waals surface area contributed by atoms with E-state index in [0.29, 0.717) is 11.4 Å². The summed E-state index contributed by atoms with van der Waals surface area (Å²) in [5.41, 5.74) is 0.495. The number of para-hydroxylation sites is 1. The Morgan fingerprint density at radius 3 is 2.33 bits per heavy atom. The van der Waals surface area contributed by atoms with Crippen molar-refractivity contribution in [2.75, 3.05) is 5.32 Å². The molecule has 3 aromatic rings. The highest BCUT2D eigenvalue weighted by molar-refractivity contribution is 5.94. The van der Waals surface area contributed by atoms with Gasteiger partial charge in [-0.25, -0.2) is 18.7 Å². The minimum Gasteiger partial charge on any atom is -0.348 e. The van der Waals surface area contributed by atoms with Crippen molar-refractivity contribution in [2.45, 2.75) is 18.9 Å². The third kappa shape index (κ3) is 3.92. The van der Waals surface area contributed by atoms with Crippen molar-refractivity contribution in [1.82, 2.24) is 15.3 Å². The van der Waals surface area contributed by atoms with Crippen LogP contribution in [0, 0.1) is 11.6 Å². The summed E-state index contributed by atoms with van der Waals surface area (Å²) in [4.78, 5) is 21.1. The maximum atomic E-state index is 14.0. The lowest BCUT2D eigenvalue weighted by Crippen LogP contribution is -2.26. The number of nitrogens with one attached hydrogen (secondary N) is 2. The molecule has 0 radical (unpaired) electrons. The maximum absolute atomic E-state index is 14.0. The molecule has 1 aromatic heterocycles. The van der Waals surface area contributed by atoms with Crippen LogP contribution in [-0.2, 0) is 0 Å². The second-order valence-corrected chi connectivity index (χ2v) is 6.30. The zero-order valence-corrected chi connectivity index (χ0v) is 14.2. The highest BCUT2D eigenvalue weighted by atomic mass is 19.1. The summed E-state index contributed by atoms with van der Waals surface area (Å²) in [6, 6.07) is 14.2. The molecule has 0 saturated heterocycles. The molecule has 5 nitrogen and oxygen atoms in total. The number of halogens is 2. The van der Waals surface area contributed by atoms with Crippen molar-refractivity contribution in [1.29, 1.82) is 0 Å². The predicted molar refractivity (Wildman–Crippen MR) is 97.6 cm³/mol. The fourth-order valence-electron chi connectivity index (χ4n) is 2.58. The number of amides is 1. The van der Waals surface area contributed by atoms with E-state index >= 15 is 0 Å². The summed E-state index contributed by atoms with van der Waals surface area (Å²) in [7, 11) is 0. The molecule has 1 fully saturated rings. The summed E-state index contributed by atoms with van der Waals surface area (Å²) in [5, 5.41) is 5.49. The molecule has 1 aliphatic rings. The number of anilines is 2. The minimum absolute atomic E-state index is 0.133. The summed E-state index contributed by atoms with van der Waals surface area (Å²) in [6.07, 6.45) is 1.88. The lowest BCUT2D eigenvalue weighted by Gasteiger charge is -2.11. The first kappa shape index (κ1) is 17.1. The number of hydrogen-bond donors (Lipinski definition) is 2. The van der Waals surface area contributed by atoms with Crippen LogP contribution in [0.3, 0.4) is 0 Å². The minimum atomic E-state index is -0.751. The van der Waals surface area contributed by atoms with Gasteiger partial charge in [0.1, 0.15) is 28.8 Å². The average Bonchev–Trinajstić information content (AvgIpc) is 3.49. The summed E-state index contributed by atoms with van der Waals surface area (Å²) in [6.45, 7) is 0. The smallest absolute Gasteiger partial charge is 0.270 e. The molecule has 0 aliphatic heterocycles. The average molecular weight is 366 g/mol. The van der Waals surface area contributed by atoms with Crippen LogP contribution in [0.4, 0.5) is 20.3 Å². The Morgan fingerprint density at radius 1 is 0.963 bits per heavy atom. The normalized spacial score (nSPS) is 13.3. The first-order valence-corrected chi connectivity index (χ1v) is 8.56. The standard InChI is InChI=1S/C20H16F2N4O/c21-14-7-4-8-15(22)18(14)25-17-11-16(20(27)23-13-9-10-13)24-19(26-17)12-5-2-1-3-6-12/h1-8,11,13H,9-10H2,(H,23,27)(H,24,25,26). The van der Waals surface area contributed by atoms with Gasteiger partial charge in [0.25, 0.3) is 5.91 Å². The monoisotopic (exact) mass is 366 g/mol. The van der Waals surface area contributed by atoms with Crippen molar-refractivity contribution in [3.8, 4) is 11.4 Å². The Bertz CT molecular complexity index is 970. The first-order valence-electron chi connectivity index (χ1n) is 8.56. The third-order valence-electron chi connectivity index (χ3n) is 4.12. The molecule has 2 N–H and O–H groups in total. The number of aromatic nitrogens is 2. The zero-order valence-electron chi connectivity index (χ0n) is 14.2. The Labute approximate surface area is 154 Å². The Balaban J connectivity index is 1.74. The number of nitrogens with zero attached hydrogens (tertiary/aromatic N) is 2. The number of carbonyl (C=O) groups is 1. The van der Waals surface area contributed by atoms with Crippen molar-refractivity contribution in [3.63, 3.8) is 0 Å². The Kier molecular flexibility index (Phi) is 4.50. The van der Waals surface area contributed by atoms with E-state index in [4.69, 9.17) is 0 Å². The highest BCUT2D eigenvalue weighted by Crippen LogP contribution is 2.25. The molecule has 0 bridgehead atoms. The molecule has 136 valence electrons. The van der Waals surface area contributed by atoms with Crippen LogP contribution >= 0.6 is 0 Å². The molecule has 0 spiro atoms. The van der Waals surface area contributed by atoms with Gasteiger partial charge in [-0.15, -0.1) is 0 Å². The van der Waals surface area contributed by atoms with Crippen molar-refractivity contribution in [2.24, 2.45) is 0 Å². The van der Waals surface area contributed by atoms with Gasteiger partial charge in [0.05, 0.1) is 0 Å². The van der Waals surface area contributed by atoms with Gasteiger partial charge in [-0.1, -0.05) is 36.4 Å². The van der Waals surface area contributed by atoms with Crippen molar-refractivity contribution >= 4 is 17.4 Å². The second kappa shape index (κ2) is 7.11. The number of hydrogen-bond acceptors (Lipinski definition) is 4. The fourth-order valence-corrected chi connectivity index (χ4v) is 2.58. The van der Waals surface area contributed by atoms with Gasteiger partial charge in [0.2, 0.25) is 0 Å². The van der Waals surface area contributed by atoms with Crippen LogP contribution in [0.5, 0.6) is 0 Å². The van der Waals surface area contributed by atoms with E-state index in [1.807, 2.05) is 18.2 Å². The molecule has 1 amide bonds. The predicted octanol–water partition coefficient (Wildman–Crippen LogP) is 4.06. The molecule has 0 atom stereocenters. The molecule has 4 rings (SSSR count). The van der Waals surface area contributed by atoms with E-state index in [0.717, 1.165) is 25.0 Å². The van der Waals surface area contributed by atoms with Gasteiger partial charge < -0.3 is 10.6 Å². The molecular weight excluding hydrogens is 350 g/mol. The molecule has 2 aromatic carbocycles. The quantitative estimate of drug-likeness (QED) is 0.715. The van der Waals surface area contributed by atoms with E-state index < -0.39 is 11.6 Å². The third-order valence-corrected chi connectivity index (χ3v) is 4.12. The SMILES string of the molecule is O=C(NC1CC1)c1cc(Nc2c(F)cccc2F)nc(-c2ccccc2)n1. The summed E-state index contributed by atoms with van der Waals surface area (Å²) >= 11 is 0. The van der Waals surface area contributed by atoms with E-state index in [2.05, 4.69) is 20.6 Å². The van der Waals surface area contributed by atoms with Gasteiger partial charge >= 0.3 is 0 Å². The van der Waals surface area contributed by atoms with Gasteiger partial charge in [0, 0.05) is 17.7 Å². The maximum Gasteiger partial charge on any atom is 0.270 e. The number of benzene rings is 2. The second-order valence-electron chi connectivity index (χ2n) is 6.30. The van der Waals surface area contributed by atoms with E-state index in [1.165, 1.54) is 12.1 Å². The van der Waals surface area contributed by atoms with Gasteiger partial charge in [0.15, 0.2) is 5.82 Å². The van der Waals surface area contributed by atoms with Crippen LogP contribution in [0.25, 0.3) is 11.4 Å². The first-order chi connectivity index (χ1) is 13.1. The van der Waals surface area contributed by atoms with E-state index in [9.17, 15) is 13.6 Å². The van der Waals surface area contributed by atoms with Crippen LogP contribution in [0.15, 0.2) is 54.6 Å². The van der Waals surface area contributed by atoms with Gasteiger partial charge in [-0.2, -0.15) is 0 Å². The van der Waals surface area contributed by atoms with Crippen LogP contribution in [0.2, 0.25) is 0 Å². The lowest BCUT2D eigenvalue weighted by molar-refractivity contribution is 0.0946. The molecule has 27 heavy (non-hydrogen) atoms. The Hall–Kier alpha value is -3.35. The highest BCUT2D eigenvalue weighted by Gasteiger charge is 2.25. The molecule has 1 aliphatic carbocycles. The molecule has 0 unspecified atom stereocenters. The van der Waals surface area contributed by atoms with Crippen LogP contribution in [0.1, 0.15) is 23.3 Å². The van der Waals surface area contributed by atoms with Crippen LogP contribution in [-0.4, -0.2) is 21.9 Å². The molecular formula is C20H16F2N4O. The molecule has 1 saturated carbocycles. The number of carbonyl (C=O) groups excluding carboxylic acids is 1. The van der Waals surface area contributed by atoms with Crippen LogP contribution < -0.4 is 10.6 Å². The van der Waals surface area contributed by atoms with Gasteiger partial charge in [-0.05, 0) is 25.0 Å². The van der Waals surface area contributed by atoms with Gasteiger partial charge in [-0.3, -0.25) is 4.79 Å². The number of rotatable bonds is 5.